The van der Waals surface area contributed by atoms with Crippen LogP contribution in [0.3, 0.4) is 0 Å². The molecular formula is C49H58O18Si. The molecule has 0 aliphatic carbocycles. The lowest BCUT2D eigenvalue weighted by molar-refractivity contribution is -0.384. The van der Waals surface area contributed by atoms with E-state index in [4.69, 9.17) is 51.8 Å². The van der Waals surface area contributed by atoms with E-state index >= 15 is 0 Å². The molecule has 19 heteroatoms. The molecule has 0 unspecified atom stereocenters. The van der Waals surface area contributed by atoms with Crippen LogP contribution < -0.4 is 10.4 Å². The van der Waals surface area contributed by atoms with Crippen molar-refractivity contribution in [2.24, 2.45) is 0 Å². The lowest BCUT2D eigenvalue weighted by atomic mass is 9.97. The first-order valence-corrected chi connectivity index (χ1v) is 23.7. The van der Waals surface area contributed by atoms with Crippen molar-refractivity contribution >= 4 is 66.6 Å². The van der Waals surface area contributed by atoms with Gasteiger partial charge in [-0.05, 0) is 27.1 Å². The van der Waals surface area contributed by atoms with Crippen LogP contribution in [0.5, 0.6) is 0 Å². The van der Waals surface area contributed by atoms with Crippen LogP contribution in [0, 0.1) is 0 Å². The van der Waals surface area contributed by atoms with Crippen molar-refractivity contribution < 1.29 is 85.4 Å². The summed E-state index contributed by atoms with van der Waals surface area (Å²) in [4.78, 5) is 90.1. The molecule has 0 N–H and O–H groups in total. The summed E-state index contributed by atoms with van der Waals surface area (Å²) in [7, 11) is -3.37. The van der Waals surface area contributed by atoms with Gasteiger partial charge in [0.2, 0.25) is 12.1 Å². The highest BCUT2D eigenvalue weighted by atomic mass is 28.4. The Morgan fingerprint density at radius 3 is 1.56 bits per heavy atom. The van der Waals surface area contributed by atoms with Crippen molar-refractivity contribution in [3.8, 4) is 0 Å². The summed E-state index contributed by atoms with van der Waals surface area (Å²) < 4.78 is 66.6. The molecule has 2 saturated heterocycles. The Hall–Kier alpha value is -6.25. The van der Waals surface area contributed by atoms with Gasteiger partial charge in [0.1, 0.15) is 25.4 Å². The van der Waals surface area contributed by atoms with Gasteiger partial charge in [-0.2, -0.15) is 0 Å². The molecule has 0 bridgehead atoms. The standard InChI is InChI=1S/C49H58O18Si/c1-30(50)58-29-49(67-47-45(63-34(5)54)44(62-33(4)53)42(60-31(2)51)39(65-47)27-57-41(56)26-25-36-19-13-10-14-20-36)46(64-35(6)55)43(61-32(3)52)40(66-49)28-59-68(48(7,8)9,37-21-15-11-16-22-37)38-23-17-12-18-24-38/h10-26,39-40,42-47H,27-29H2,1-9H3/b26-25+/t39-,40-,42-,43-,44+,45-,46+,47-,49+/m1/s1. The van der Waals surface area contributed by atoms with Crippen molar-refractivity contribution in [2.75, 3.05) is 19.8 Å². The first-order valence-electron chi connectivity index (χ1n) is 21.8. The largest absolute Gasteiger partial charge is 0.460 e. The summed E-state index contributed by atoms with van der Waals surface area (Å²) in [5, 5.41) is 1.22. The zero-order valence-corrected chi connectivity index (χ0v) is 40.4. The Labute approximate surface area is 395 Å². The van der Waals surface area contributed by atoms with E-state index in [0.717, 1.165) is 58.0 Å². The third-order valence-corrected chi connectivity index (χ3v) is 15.8. The molecule has 3 aromatic rings. The van der Waals surface area contributed by atoms with Gasteiger partial charge in [-0.3, -0.25) is 28.8 Å². The molecule has 9 atom stereocenters. The molecule has 68 heavy (non-hydrogen) atoms. The predicted octanol–water partition coefficient (Wildman–Crippen LogP) is 3.88. The van der Waals surface area contributed by atoms with Crippen LogP contribution in [0.4, 0.5) is 0 Å². The van der Waals surface area contributed by atoms with Crippen LogP contribution in [-0.4, -0.2) is 125 Å². The Kier molecular flexibility index (Phi) is 18.0. The van der Waals surface area contributed by atoms with Crippen LogP contribution >= 0.6 is 0 Å². The fourth-order valence-corrected chi connectivity index (χ4v) is 12.8. The molecule has 3 aromatic carbocycles. The fourth-order valence-electron chi connectivity index (χ4n) is 8.27. The lowest BCUT2D eigenvalue weighted by Crippen LogP contribution is -2.67. The summed E-state index contributed by atoms with van der Waals surface area (Å²) >= 11 is 0. The van der Waals surface area contributed by atoms with Crippen molar-refractivity contribution in [2.45, 2.75) is 122 Å². The number of benzene rings is 3. The summed E-state index contributed by atoms with van der Waals surface area (Å²) in [6, 6.07) is 28.0. The van der Waals surface area contributed by atoms with Crippen LogP contribution in [0.2, 0.25) is 5.04 Å². The minimum Gasteiger partial charge on any atom is -0.460 e. The first-order chi connectivity index (χ1) is 32.2. The molecule has 18 nitrogen and oxygen atoms in total. The van der Waals surface area contributed by atoms with Gasteiger partial charge in [-0.15, -0.1) is 0 Å². The maximum absolute atomic E-state index is 13.1. The molecule has 0 spiro atoms. The predicted molar refractivity (Wildman–Crippen MR) is 242 cm³/mol. The molecule has 2 aliphatic rings. The number of ether oxygens (including phenoxy) is 10. The number of carbonyl (C=O) groups excluding carboxylic acids is 7. The highest BCUT2D eigenvalue weighted by molar-refractivity contribution is 6.99. The molecule has 0 amide bonds. The molecule has 2 heterocycles. The highest BCUT2D eigenvalue weighted by Crippen LogP contribution is 2.43. The number of carbonyl (C=O) groups is 7. The minimum absolute atomic E-state index is 0.341. The van der Waals surface area contributed by atoms with Gasteiger partial charge < -0.3 is 51.8 Å². The van der Waals surface area contributed by atoms with E-state index in [1.807, 2.05) is 81.4 Å². The van der Waals surface area contributed by atoms with Crippen molar-refractivity contribution in [3.63, 3.8) is 0 Å². The minimum atomic E-state index is -3.37. The second-order valence-corrected chi connectivity index (χ2v) is 21.4. The van der Waals surface area contributed by atoms with Crippen molar-refractivity contribution in [3.05, 3.63) is 103 Å². The Bertz CT molecular complexity index is 2220. The lowest BCUT2D eigenvalue weighted by Gasteiger charge is -2.46. The monoisotopic (exact) mass is 962 g/mol. The summed E-state index contributed by atoms with van der Waals surface area (Å²) in [5.41, 5.74) is 0.683. The average molecular weight is 963 g/mol. The van der Waals surface area contributed by atoms with Crippen LogP contribution in [0.15, 0.2) is 97.1 Å². The zero-order chi connectivity index (χ0) is 49.8. The van der Waals surface area contributed by atoms with Crippen molar-refractivity contribution in [1.29, 1.82) is 0 Å². The van der Waals surface area contributed by atoms with E-state index in [-0.39, 0.29) is 6.61 Å². The van der Waals surface area contributed by atoms with E-state index in [2.05, 4.69) is 0 Å². The third kappa shape index (κ3) is 13.3. The average Bonchev–Trinajstić information content (AvgIpc) is 3.53. The molecule has 366 valence electrons. The number of esters is 7. The second kappa shape index (κ2) is 23.2. The summed E-state index contributed by atoms with van der Waals surface area (Å²) in [6.07, 6.45) is -10.7. The van der Waals surface area contributed by atoms with Gasteiger partial charge in [0.25, 0.3) is 8.32 Å². The van der Waals surface area contributed by atoms with Crippen LogP contribution in [0.25, 0.3) is 6.08 Å². The summed E-state index contributed by atoms with van der Waals surface area (Å²) in [6.45, 7) is 10.7. The first kappa shape index (κ1) is 52.7. The Morgan fingerprint density at radius 1 is 0.574 bits per heavy atom. The molecular weight excluding hydrogens is 905 g/mol. The van der Waals surface area contributed by atoms with E-state index in [0.29, 0.717) is 5.56 Å². The molecule has 2 fully saturated rings. The van der Waals surface area contributed by atoms with Gasteiger partial charge in [-0.25, -0.2) is 4.79 Å². The van der Waals surface area contributed by atoms with Crippen molar-refractivity contribution in [1.82, 2.24) is 0 Å². The number of hydrogen-bond donors (Lipinski definition) is 0. The van der Waals surface area contributed by atoms with E-state index < -0.39 is 123 Å². The quantitative estimate of drug-likeness (QED) is 0.0764. The molecule has 0 radical (unpaired) electrons. The van der Waals surface area contributed by atoms with Gasteiger partial charge in [-0.1, -0.05) is 112 Å². The Morgan fingerprint density at radius 2 is 1.06 bits per heavy atom. The normalized spacial score (nSPS) is 24.8. The molecule has 2 aliphatic heterocycles. The maximum Gasteiger partial charge on any atom is 0.330 e. The van der Waals surface area contributed by atoms with Crippen LogP contribution in [0.1, 0.15) is 67.9 Å². The van der Waals surface area contributed by atoms with E-state index in [9.17, 15) is 33.6 Å². The van der Waals surface area contributed by atoms with Gasteiger partial charge in [0.05, 0.1) is 6.61 Å². The fraction of sp³-hybridized carbons (Fsp3) is 0.449. The number of hydrogen-bond acceptors (Lipinski definition) is 18. The smallest absolute Gasteiger partial charge is 0.330 e. The molecule has 0 saturated carbocycles. The summed E-state index contributed by atoms with van der Waals surface area (Å²) in [5.74, 6) is -8.71. The number of rotatable bonds is 18. The molecule has 5 rings (SSSR count). The maximum atomic E-state index is 13.1. The third-order valence-electron chi connectivity index (χ3n) is 10.8. The van der Waals surface area contributed by atoms with E-state index in [1.165, 1.54) is 6.08 Å². The van der Waals surface area contributed by atoms with Crippen LogP contribution in [-0.2, 0) is 85.4 Å². The highest BCUT2D eigenvalue weighted by Gasteiger charge is 2.65. The topological polar surface area (TPSA) is 221 Å². The SMILES string of the molecule is CC(=O)OC[C@@]1(O[C@H]2O[C@H](COC(=O)/C=C/c3ccccc3)[C@@H](OC(C)=O)[C@H](OC(C)=O)[C@H]2OC(C)=O)O[C@H](CO[Si](c2ccccc2)(c2ccccc2)C(C)(C)C)[C@@H](OC(C)=O)[C@@H]1OC(C)=O. The van der Waals surface area contributed by atoms with Gasteiger partial charge >= 0.3 is 41.8 Å². The zero-order valence-electron chi connectivity index (χ0n) is 39.4. The molecule has 0 aromatic heterocycles. The second-order valence-electron chi connectivity index (χ2n) is 17.1. The van der Waals surface area contributed by atoms with Gasteiger partial charge in [0, 0.05) is 47.6 Å². The van der Waals surface area contributed by atoms with Gasteiger partial charge in [0.15, 0.2) is 30.5 Å². The Balaban J connectivity index is 1.64. The van der Waals surface area contributed by atoms with E-state index in [1.54, 1.807) is 30.3 Å².